The van der Waals surface area contributed by atoms with Crippen LogP contribution in [0, 0.1) is 12.1 Å². The maximum Gasteiger partial charge on any atom is 0.261 e. The number of hydrogen-bond donors (Lipinski definition) is 1. The fourth-order valence-corrected chi connectivity index (χ4v) is 1.41. The molecule has 1 aromatic rings. The zero-order chi connectivity index (χ0) is 7.56. The van der Waals surface area contributed by atoms with Crippen molar-refractivity contribution >= 4 is 22.5 Å². The first kappa shape index (κ1) is 7.75. The van der Waals surface area contributed by atoms with E-state index in [0.29, 0.717) is 10.7 Å². The molecule has 10 heavy (non-hydrogen) atoms. The number of nitrogens with zero attached hydrogens (tertiary/aromatic N) is 1. The highest BCUT2D eigenvalue weighted by Crippen LogP contribution is 2.16. The van der Waals surface area contributed by atoms with Crippen LogP contribution in [0.15, 0.2) is 23.2 Å². The molecule has 1 aromatic heterocycles. The number of hydrogen-bond acceptors (Lipinski definition) is 3. The van der Waals surface area contributed by atoms with Gasteiger partial charge in [0.1, 0.15) is 0 Å². The number of rotatable bonds is 1. The first-order valence-corrected chi connectivity index (χ1v) is 4.63. The second kappa shape index (κ2) is 3.16. The van der Waals surface area contributed by atoms with Crippen LogP contribution >= 0.6 is 22.5 Å². The normalized spacial score (nSPS) is 9.80. The second-order valence-electron chi connectivity index (χ2n) is 1.89. The van der Waals surface area contributed by atoms with Crippen LogP contribution in [0.3, 0.4) is 0 Å². The molecule has 0 aromatic carbocycles. The second-order valence-corrected chi connectivity index (χ2v) is 3.04. The summed E-state index contributed by atoms with van der Waals surface area (Å²) in [6, 6.07) is 5.33. The minimum Gasteiger partial charge on any atom is -0.618 e. The average Bonchev–Trinajstić information content (AvgIpc) is 1.95. The predicted octanol–water partition coefficient (Wildman–Crippen LogP) is 1.57. The van der Waals surface area contributed by atoms with Crippen molar-refractivity contribution in [3.63, 3.8) is 0 Å². The summed E-state index contributed by atoms with van der Waals surface area (Å²) in [6.45, 7) is 1.76. The molecule has 0 radical (unpaired) electrons. The van der Waals surface area contributed by atoms with Crippen LogP contribution in [0.2, 0.25) is 0 Å². The summed E-state index contributed by atoms with van der Waals surface area (Å²) in [6.07, 6.45) is 0. The molecule has 0 fully saturated rings. The molecule has 4 heteroatoms. The van der Waals surface area contributed by atoms with Crippen LogP contribution in [-0.2, 0) is 0 Å². The molecule has 0 bridgehead atoms. The summed E-state index contributed by atoms with van der Waals surface area (Å²) in [5, 5.41) is 11.7. The molecular weight excluding hydrogens is 166 g/mol. The Balaban J connectivity index is 3.14. The zero-order valence-corrected chi connectivity index (χ0v) is 7.15. The molecule has 0 saturated carbocycles. The van der Waals surface area contributed by atoms with E-state index in [0.717, 1.165) is 15.5 Å². The van der Waals surface area contributed by atoms with E-state index < -0.39 is 0 Å². The molecule has 0 unspecified atom stereocenters. The van der Waals surface area contributed by atoms with Gasteiger partial charge in [0.05, 0.1) is 0 Å². The molecule has 2 nitrogen and oxygen atoms in total. The topological polar surface area (TPSA) is 26.9 Å². The van der Waals surface area contributed by atoms with E-state index >= 15 is 0 Å². The zero-order valence-electron chi connectivity index (χ0n) is 5.44. The summed E-state index contributed by atoms with van der Waals surface area (Å²) < 4.78 is 0.859. The van der Waals surface area contributed by atoms with E-state index in [4.69, 9.17) is 0 Å². The summed E-state index contributed by atoms with van der Waals surface area (Å²) in [4.78, 5) is 0. The van der Waals surface area contributed by atoms with Crippen LogP contribution in [0.4, 0.5) is 0 Å². The van der Waals surface area contributed by atoms with Gasteiger partial charge in [-0.05, 0) is 6.07 Å². The van der Waals surface area contributed by atoms with E-state index in [1.807, 2.05) is 6.07 Å². The van der Waals surface area contributed by atoms with Crippen LogP contribution in [0.5, 0.6) is 0 Å². The SMILES string of the molecule is Cc1cccc(SS)[n+]1[O-]. The van der Waals surface area contributed by atoms with E-state index in [2.05, 4.69) is 11.7 Å². The van der Waals surface area contributed by atoms with Crippen molar-refractivity contribution in [3.8, 4) is 0 Å². The first-order valence-electron chi connectivity index (χ1n) is 2.76. The monoisotopic (exact) mass is 173 g/mol. The van der Waals surface area contributed by atoms with Gasteiger partial charge in [-0.15, -0.1) is 11.7 Å². The third-order valence-corrected chi connectivity index (χ3v) is 2.24. The van der Waals surface area contributed by atoms with Gasteiger partial charge in [0.2, 0.25) is 0 Å². The van der Waals surface area contributed by atoms with Crippen molar-refractivity contribution in [3.05, 3.63) is 29.1 Å². The molecule has 0 aliphatic rings. The summed E-state index contributed by atoms with van der Waals surface area (Å²) in [5.41, 5.74) is 0.694. The summed E-state index contributed by atoms with van der Waals surface area (Å²) in [7, 11) is 1.15. The average molecular weight is 173 g/mol. The van der Waals surface area contributed by atoms with Gasteiger partial charge >= 0.3 is 0 Å². The number of aryl methyl sites for hydroxylation is 1. The van der Waals surface area contributed by atoms with Gasteiger partial charge in [-0.3, -0.25) is 0 Å². The molecule has 0 saturated heterocycles. The fraction of sp³-hybridized carbons (Fsp3) is 0.167. The van der Waals surface area contributed by atoms with Crippen LogP contribution in [-0.4, -0.2) is 0 Å². The fourth-order valence-electron chi connectivity index (χ4n) is 0.646. The van der Waals surface area contributed by atoms with Crippen LogP contribution in [0.1, 0.15) is 5.69 Å². The lowest BCUT2D eigenvalue weighted by Gasteiger charge is -2.02. The van der Waals surface area contributed by atoms with Gasteiger partial charge in [0.15, 0.2) is 5.69 Å². The van der Waals surface area contributed by atoms with Gasteiger partial charge in [0, 0.05) is 29.9 Å². The number of pyridine rings is 1. The van der Waals surface area contributed by atoms with Crippen molar-refractivity contribution < 1.29 is 4.73 Å². The number of thiol groups is 1. The highest BCUT2D eigenvalue weighted by atomic mass is 33.1. The third kappa shape index (κ3) is 1.38. The van der Waals surface area contributed by atoms with E-state index in [1.54, 1.807) is 19.1 Å². The maximum atomic E-state index is 11.0. The van der Waals surface area contributed by atoms with Gasteiger partial charge in [-0.25, -0.2) is 0 Å². The quantitative estimate of drug-likeness (QED) is 0.302. The lowest BCUT2D eigenvalue weighted by Crippen LogP contribution is -2.31. The largest absolute Gasteiger partial charge is 0.618 e. The third-order valence-electron chi connectivity index (χ3n) is 1.19. The maximum absolute atomic E-state index is 11.0. The first-order chi connectivity index (χ1) is 4.75. The minimum absolute atomic E-state index is 0.614. The molecule has 0 spiro atoms. The van der Waals surface area contributed by atoms with Gasteiger partial charge < -0.3 is 5.21 Å². The van der Waals surface area contributed by atoms with Crippen LogP contribution in [0.25, 0.3) is 0 Å². The lowest BCUT2D eigenvalue weighted by molar-refractivity contribution is -0.651. The molecule has 0 N–H and O–H groups in total. The van der Waals surface area contributed by atoms with E-state index in [-0.39, 0.29) is 0 Å². The van der Waals surface area contributed by atoms with E-state index in [9.17, 15) is 5.21 Å². The van der Waals surface area contributed by atoms with Crippen molar-refractivity contribution in [2.45, 2.75) is 11.9 Å². The Morgan fingerprint density at radius 3 is 2.80 bits per heavy atom. The highest BCUT2D eigenvalue weighted by molar-refractivity contribution is 8.68. The lowest BCUT2D eigenvalue weighted by atomic mass is 10.4. The molecule has 0 aliphatic heterocycles. The molecule has 0 aliphatic carbocycles. The predicted molar refractivity (Wildman–Crippen MR) is 45.0 cm³/mol. The Bertz CT molecular complexity index is 239. The standard InChI is InChI=1S/C6H7NOS2/c1-5-3-2-4-6(10-9)7(5)8/h2-4,9H,1H3. The Morgan fingerprint density at radius 1 is 1.60 bits per heavy atom. The molecular formula is C6H7NOS2. The van der Waals surface area contributed by atoms with Crippen LogP contribution < -0.4 is 4.73 Å². The minimum atomic E-state index is 0.614. The Labute approximate surface area is 68.7 Å². The molecule has 54 valence electrons. The molecule has 1 heterocycles. The van der Waals surface area contributed by atoms with Crippen molar-refractivity contribution in [1.29, 1.82) is 0 Å². The van der Waals surface area contributed by atoms with Crippen molar-refractivity contribution in [2.24, 2.45) is 0 Å². The van der Waals surface area contributed by atoms with E-state index in [1.165, 1.54) is 0 Å². The van der Waals surface area contributed by atoms with Crippen molar-refractivity contribution in [1.82, 2.24) is 0 Å². The molecule has 0 atom stereocenters. The highest BCUT2D eigenvalue weighted by Gasteiger charge is 2.04. The molecule has 1 rings (SSSR count). The van der Waals surface area contributed by atoms with Gasteiger partial charge in [-0.1, -0.05) is 0 Å². The summed E-state index contributed by atoms with van der Waals surface area (Å²) >= 11 is 3.92. The van der Waals surface area contributed by atoms with Gasteiger partial charge in [-0.2, -0.15) is 4.73 Å². The molecule has 0 amide bonds. The summed E-state index contributed by atoms with van der Waals surface area (Å²) in [5.74, 6) is 0. The van der Waals surface area contributed by atoms with Gasteiger partial charge in [0.25, 0.3) is 5.03 Å². The Morgan fingerprint density at radius 2 is 2.30 bits per heavy atom. The Kier molecular flexibility index (Phi) is 2.45. The van der Waals surface area contributed by atoms with Crippen molar-refractivity contribution in [2.75, 3.05) is 0 Å². The Hall–Kier alpha value is -0.350. The number of aromatic nitrogens is 1. The smallest absolute Gasteiger partial charge is 0.261 e.